The summed E-state index contributed by atoms with van der Waals surface area (Å²) in [6.07, 6.45) is 7.63. The molecule has 0 aromatic carbocycles. The Balaban J connectivity index is 1.82. The van der Waals surface area contributed by atoms with Crippen LogP contribution in [0.1, 0.15) is 32.6 Å². The first kappa shape index (κ1) is 8.51. The summed E-state index contributed by atoms with van der Waals surface area (Å²) < 4.78 is 0. The molecule has 3 aliphatic rings. The second-order valence-electron chi connectivity index (χ2n) is 4.84. The fraction of sp³-hybridized carbons (Fsp3) is 0.750. The second kappa shape index (κ2) is 3.11. The lowest BCUT2D eigenvalue weighted by atomic mass is 10.1. The minimum Gasteiger partial charge on any atom is -0.357 e. The highest BCUT2D eigenvalue weighted by Crippen LogP contribution is 2.47. The summed E-state index contributed by atoms with van der Waals surface area (Å²) >= 11 is 0. The molecule has 2 unspecified atom stereocenters. The van der Waals surface area contributed by atoms with Crippen molar-refractivity contribution in [1.82, 2.24) is 4.90 Å². The van der Waals surface area contributed by atoms with Gasteiger partial charge in [0.05, 0.1) is 0 Å². The van der Waals surface area contributed by atoms with Crippen LogP contribution >= 0.6 is 0 Å². The average Bonchev–Trinajstić information content (AvgIpc) is 3.00. The highest BCUT2D eigenvalue weighted by molar-refractivity contribution is 5.69. The van der Waals surface area contributed by atoms with Crippen molar-refractivity contribution in [1.29, 1.82) is 0 Å². The van der Waals surface area contributed by atoms with Crippen molar-refractivity contribution >= 4 is 6.21 Å². The van der Waals surface area contributed by atoms with E-state index in [1.165, 1.54) is 44.6 Å². The number of rotatable bonds is 1. The summed E-state index contributed by atoms with van der Waals surface area (Å²) in [6, 6.07) is 0. The molecule has 0 aromatic rings. The molecule has 1 saturated carbocycles. The molecule has 3 rings (SSSR count). The number of aliphatic imine (C=N–C) groups is 1. The van der Waals surface area contributed by atoms with Crippen LogP contribution in [0.4, 0.5) is 0 Å². The van der Waals surface area contributed by atoms with E-state index in [0.717, 1.165) is 11.8 Å². The SMILES string of the molecule is CC1=C(N2CCCCC2)N=CC2CC12. The minimum absolute atomic E-state index is 0.795. The van der Waals surface area contributed by atoms with Crippen LogP contribution in [-0.2, 0) is 0 Å². The third kappa shape index (κ3) is 1.28. The topological polar surface area (TPSA) is 15.6 Å². The molecule has 1 aliphatic carbocycles. The summed E-state index contributed by atoms with van der Waals surface area (Å²) in [4.78, 5) is 7.13. The van der Waals surface area contributed by atoms with Crippen LogP contribution in [-0.4, -0.2) is 24.2 Å². The summed E-state index contributed by atoms with van der Waals surface area (Å²) in [7, 11) is 0. The van der Waals surface area contributed by atoms with Gasteiger partial charge in [-0.2, -0.15) is 0 Å². The Morgan fingerprint density at radius 2 is 2.07 bits per heavy atom. The van der Waals surface area contributed by atoms with Crippen LogP contribution in [0.3, 0.4) is 0 Å². The first-order chi connectivity index (χ1) is 6.86. The predicted octanol–water partition coefficient (Wildman–Crippen LogP) is 2.42. The normalized spacial score (nSPS) is 35.9. The number of allylic oxidation sites excluding steroid dienone is 1. The van der Waals surface area contributed by atoms with Crippen molar-refractivity contribution in [3.8, 4) is 0 Å². The van der Waals surface area contributed by atoms with E-state index in [0.29, 0.717) is 0 Å². The van der Waals surface area contributed by atoms with E-state index in [1.54, 1.807) is 5.57 Å². The van der Waals surface area contributed by atoms with Gasteiger partial charge >= 0.3 is 0 Å². The first-order valence-corrected chi connectivity index (χ1v) is 5.86. The molecular weight excluding hydrogens is 172 g/mol. The van der Waals surface area contributed by atoms with E-state index >= 15 is 0 Å². The summed E-state index contributed by atoms with van der Waals surface area (Å²) in [5, 5.41) is 0. The van der Waals surface area contributed by atoms with Crippen molar-refractivity contribution in [3.05, 3.63) is 11.4 Å². The van der Waals surface area contributed by atoms with Crippen LogP contribution in [0.5, 0.6) is 0 Å². The van der Waals surface area contributed by atoms with E-state index in [1.807, 2.05) is 0 Å². The smallest absolute Gasteiger partial charge is 0.127 e. The van der Waals surface area contributed by atoms with Gasteiger partial charge < -0.3 is 4.90 Å². The molecule has 1 saturated heterocycles. The maximum Gasteiger partial charge on any atom is 0.127 e. The Bertz CT molecular complexity index is 297. The van der Waals surface area contributed by atoms with E-state index in [4.69, 9.17) is 0 Å². The standard InChI is InChI=1S/C12H18N2/c1-9-11-7-10(11)8-13-12(9)14-5-3-2-4-6-14/h8,10-11H,2-7H2,1H3. The molecular formula is C12H18N2. The maximum absolute atomic E-state index is 4.64. The molecule has 0 aromatic heterocycles. The number of nitrogens with zero attached hydrogens (tertiary/aromatic N) is 2. The zero-order valence-electron chi connectivity index (χ0n) is 8.87. The van der Waals surface area contributed by atoms with E-state index < -0.39 is 0 Å². The van der Waals surface area contributed by atoms with Gasteiger partial charge in [-0.1, -0.05) is 0 Å². The third-order valence-electron chi connectivity index (χ3n) is 3.79. The molecule has 2 nitrogen and oxygen atoms in total. The molecule has 2 fully saturated rings. The first-order valence-electron chi connectivity index (χ1n) is 5.86. The van der Waals surface area contributed by atoms with Crippen LogP contribution in [0.15, 0.2) is 16.4 Å². The molecule has 0 amide bonds. The third-order valence-corrected chi connectivity index (χ3v) is 3.79. The Morgan fingerprint density at radius 3 is 2.86 bits per heavy atom. The van der Waals surface area contributed by atoms with Crippen molar-refractivity contribution in [2.75, 3.05) is 13.1 Å². The van der Waals surface area contributed by atoms with Gasteiger partial charge in [0.15, 0.2) is 0 Å². The van der Waals surface area contributed by atoms with E-state index in [2.05, 4.69) is 23.0 Å². The molecule has 14 heavy (non-hydrogen) atoms. The lowest BCUT2D eigenvalue weighted by molar-refractivity contribution is 0.278. The van der Waals surface area contributed by atoms with Crippen LogP contribution in [0.2, 0.25) is 0 Å². The van der Waals surface area contributed by atoms with Gasteiger partial charge in [0.2, 0.25) is 0 Å². The number of fused-ring (bicyclic) bond motifs is 1. The summed E-state index contributed by atoms with van der Waals surface area (Å²) in [5.74, 6) is 2.96. The monoisotopic (exact) mass is 190 g/mol. The van der Waals surface area contributed by atoms with Crippen molar-refractivity contribution < 1.29 is 0 Å². The molecule has 2 heterocycles. The summed E-state index contributed by atoms with van der Waals surface area (Å²) in [6.45, 7) is 4.73. The quantitative estimate of drug-likeness (QED) is 0.620. The Kier molecular flexibility index (Phi) is 1.89. The molecule has 0 N–H and O–H groups in total. The van der Waals surface area contributed by atoms with Crippen molar-refractivity contribution in [2.24, 2.45) is 16.8 Å². The molecule has 0 spiro atoms. The van der Waals surface area contributed by atoms with Gasteiger partial charge in [0, 0.05) is 25.2 Å². The fourth-order valence-electron chi connectivity index (χ4n) is 2.75. The zero-order valence-corrected chi connectivity index (χ0v) is 8.87. The number of piperidine rings is 1. The van der Waals surface area contributed by atoms with Gasteiger partial charge in [0.25, 0.3) is 0 Å². The predicted molar refractivity (Wildman–Crippen MR) is 58.2 cm³/mol. The molecule has 2 heteroatoms. The largest absolute Gasteiger partial charge is 0.357 e. The van der Waals surface area contributed by atoms with Crippen molar-refractivity contribution in [2.45, 2.75) is 32.6 Å². The van der Waals surface area contributed by atoms with Gasteiger partial charge in [0.1, 0.15) is 5.82 Å². The van der Waals surface area contributed by atoms with Crippen LogP contribution in [0, 0.1) is 11.8 Å². The fourth-order valence-corrected chi connectivity index (χ4v) is 2.75. The number of likely N-dealkylation sites (tertiary alicyclic amines) is 1. The van der Waals surface area contributed by atoms with Gasteiger partial charge in [-0.3, -0.25) is 0 Å². The highest BCUT2D eigenvalue weighted by Gasteiger charge is 2.41. The van der Waals surface area contributed by atoms with Crippen LogP contribution in [0.25, 0.3) is 0 Å². The molecule has 0 bridgehead atoms. The molecule has 2 atom stereocenters. The van der Waals surface area contributed by atoms with Gasteiger partial charge in [-0.15, -0.1) is 0 Å². The maximum atomic E-state index is 4.64. The van der Waals surface area contributed by atoms with Gasteiger partial charge in [-0.25, -0.2) is 4.99 Å². The van der Waals surface area contributed by atoms with E-state index in [9.17, 15) is 0 Å². The lowest BCUT2D eigenvalue weighted by Crippen LogP contribution is -2.30. The van der Waals surface area contributed by atoms with Gasteiger partial charge in [-0.05, 0) is 44.1 Å². The Labute approximate surface area is 85.7 Å². The van der Waals surface area contributed by atoms with Crippen molar-refractivity contribution in [3.63, 3.8) is 0 Å². The summed E-state index contributed by atoms with van der Waals surface area (Å²) in [5.41, 5.74) is 1.56. The molecule has 2 aliphatic heterocycles. The second-order valence-corrected chi connectivity index (χ2v) is 4.84. The van der Waals surface area contributed by atoms with E-state index in [-0.39, 0.29) is 0 Å². The minimum atomic E-state index is 0.795. The number of hydrogen-bond acceptors (Lipinski definition) is 2. The molecule has 0 radical (unpaired) electrons. The zero-order chi connectivity index (χ0) is 9.54. The number of hydrogen-bond donors (Lipinski definition) is 0. The van der Waals surface area contributed by atoms with Crippen LogP contribution < -0.4 is 0 Å². The Hall–Kier alpha value is -0.790. The highest BCUT2D eigenvalue weighted by atomic mass is 15.2. The lowest BCUT2D eigenvalue weighted by Gasteiger charge is -2.31. The molecule has 76 valence electrons. The average molecular weight is 190 g/mol. The Morgan fingerprint density at radius 1 is 1.29 bits per heavy atom.